The smallest absolute Gasteiger partial charge is 0.301 e. The van der Waals surface area contributed by atoms with Crippen LogP contribution in [0.3, 0.4) is 0 Å². The molecule has 1 fully saturated rings. The number of nitrogens with zero attached hydrogens (tertiary/aromatic N) is 2. The van der Waals surface area contributed by atoms with Crippen molar-refractivity contribution in [2.24, 2.45) is 0 Å². The van der Waals surface area contributed by atoms with Crippen LogP contribution in [0.15, 0.2) is 60.2 Å². The standard InChI is InChI=1S/C30H28N2O5S/c1-6-37-21-10-7-19(8-11-21)26-24(27(33)20-9-12-22(36-5)17(3)15-20)28(34)29(35)32(26)30-31-25-18(4)13-16(2)14-23(25)38-30/h7-15,26,33H,6H2,1-5H3/t26-/m1/s1. The maximum Gasteiger partial charge on any atom is 0.301 e. The third kappa shape index (κ3) is 4.31. The highest BCUT2D eigenvalue weighted by atomic mass is 32.1. The molecule has 1 atom stereocenters. The van der Waals surface area contributed by atoms with E-state index in [0.29, 0.717) is 34.4 Å². The molecule has 5 rings (SSSR count). The van der Waals surface area contributed by atoms with Crippen LogP contribution in [0.1, 0.15) is 40.8 Å². The first-order chi connectivity index (χ1) is 18.2. The first kappa shape index (κ1) is 25.5. The van der Waals surface area contributed by atoms with Gasteiger partial charge >= 0.3 is 5.91 Å². The first-order valence-electron chi connectivity index (χ1n) is 12.3. The molecule has 38 heavy (non-hydrogen) atoms. The predicted octanol–water partition coefficient (Wildman–Crippen LogP) is 6.26. The quantitative estimate of drug-likeness (QED) is 0.181. The topological polar surface area (TPSA) is 89.0 Å². The highest BCUT2D eigenvalue weighted by molar-refractivity contribution is 7.22. The summed E-state index contributed by atoms with van der Waals surface area (Å²) in [4.78, 5) is 33.2. The number of hydrogen-bond acceptors (Lipinski definition) is 7. The molecule has 1 aliphatic rings. The second-order valence-electron chi connectivity index (χ2n) is 9.28. The van der Waals surface area contributed by atoms with Crippen LogP contribution >= 0.6 is 11.3 Å². The Morgan fingerprint density at radius 1 is 1.03 bits per heavy atom. The van der Waals surface area contributed by atoms with Gasteiger partial charge in [0.1, 0.15) is 17.3 Å². The Labute approximate surface area is 225 Å². The molecule has 3 aromatic carbocycles. The van der Waals surface area contributed by atoms with Gasteiger partial charge < -0.3 is 14.6 Å². The molecule has 1 N–H and O–H groups in total. The molecule has 0 spiro atoms. The number of carbonyl (C=O) groups is 2. The minimum absolute atomic E-state index is 0.0101. The van der Waals surface area contributed by atoms with Crippen LogP contribution in [0.2, 0.25) is 0 Å². The van der Waals surface area contributed by atoms with Crippen molar-refractivity contribution >= 4 is 44.1 Å². The number of carbonyl (C=O) groups excluding carboxylic acids is 2. The number of aliphatic hydroxyl groups excluding tert-OH is 1. The molecule has 0 bridgehead atoms. The van der Waals surface area contributed by atoms with E-state index in [1.807, 2.05) is 52.0 Å². The molecule has 4 aromatic rings. The van der Waals surface area contributed by atoms with Gasteiger partial charge in [-0.05, 0) is 86.3 Å². The number of anilines is 1. The zero-order chi connectivity index (χ0) is 27.1. The Morgan fingerprint density at radius 2 is 1.76 bits per heavy atom. The van der Waals surface area contributed by atoms with Gasteiger partial charge in [0.15, 0.2) is 5.13 Å². The molecule has 1 aliphatic heterocycles. The number of Topliss-reactive ketones (excluding diaryl/α,β-unsaturated/α-hetero) is 1. The van der Waals surface area contributed by atoms with Crippen molar-refractivity contribution in [2.45, 2.75) is 33.7 Å². The second-order valence-corrected chi connectivity index (χ2v) is 10.3. The average molecular weight is 529 g/mol. The lowest BCUT2D eigenvalue weighted by atomic mass is 9.95. The highest BCUT2D eigenvalue weighted by Crippen LogP contribution is 2.45. The molecule has 7 nitrogen and oxygen atoms in total. The maximum absolute atomic E-state index is 13.6. The zero-order valence-corrected chi connectivity index (χ0v) is 22.7. The van der Waals surface area contributed by atoms with Crippen molar-refractivity contribution < 1.29 is 24.2 Å². The lowest BCUT2D eigenvalue weighted by Gasteiger charge is -2.23. The third-order valence-corrected chi connectivity index (χ3v) is 7.65. The van der Waals surface area contributed by atoms with Gasteiger partial charge in [-0.2, -0.15) is 0 Å². The van der Waals surface area contributed by atoms with E-state index >= 15 is 0 Å². The van der Waals surface area contributed by atoms with Crippen LogP contribution in [0.5, 0.6) is 11.5 Å². The second kappa shape index (κ2) is 9.95. The van der Waals surface area contributed by atoms with E-state index in [-0.39, 0.29) is 11.3 Å². The molecule has 0 saturated carbocycles. The van der Waals surface area contributed by atoms with E-state index in [1.54, 1.807) is 37.4 Å². The fourth-order valence-corrected chi connectivity index (χ4v) is 6.07. The number of hydrogen-bond donors (Lipinski definition) is 1. The van der Waals surface area contributed by atoms with E-state index in [9.17, 15) is 14.7 Å². The number of ether oxygens (including phenoxy) is 2. The van der Waals surface area contributed by atoms with Crippen molar-refractivity contribution in [3.63, 3.8) is 0 Å². The normalized spacial score (nSPS) is 16.9. The number of ketones is 1. The zero-order valence-electron chi connectivity index (χ0n) is 21.9. The van der Waals surface area contributed by atoms with Crippen molar-refractivity contribution in [2.75, 3.05) is 18.6 Å². The van der Waals surface area contributed by atoms with Gasteiger partial charge in [-0.3, -0.25) is 14.5 Å². The van der Waals surface area contributed by atoms with Crippen molar-refractivity contribution in [3.8, 4) is 11.5 Å². The van der Waals surface area contributed by atoms with Crippen molar-refractivity contribution in [1.82, 2.24) is 4.98 Å². The molecule has 0 radical (unpaired) electrons. The van der Waals surface area contributed by atoms with Gasteiger partial charge in [-0.15, -0.1) is 0 Å². The summed E-state index contributed by atoms with van der Waals surface area (Å²) in [5.41, 5.74) is 4.75. The lowest BCUT2D eigenvalue weighted by molar-refractivity contribution is -0.132. The number of fused-ring (bicyclic) bond motifs is 1. The average Bonchev–Trinajstić information content (AvgIpc) is 3.43. The monoisotopic (exact) mass is 528 g/mol. The van der Waals surface area contributed by atoms with Gasteiger partial charge in [0.25, 0.3) is 5.78 Å². The van der Waals surface area contributed by atoms with E-state index < -0.39 is 17.7 Å². The molecular weight excluding hydrogens is 500 g/mol. The Kier molecular flexibility index (Phi) is 6.67. The Balaban J connectivity index is 1.71. The summed E-state index contributed by atoms with van der Waals surface area (Å²) in [6, 6.07) is 15.5. The number of aromatic nitrogens is 1. The number of methoxy groups -OCH3 is 1. The highest BCUT2D eigenvalue weighted by Gasteiger charge is 2.48. The number of benzene rings is 3. The fraction of sp³-hybridized carbons (Fsp3) is 0.233. The van der Waals surface area contributed by atoms with Gasteiger partial charge in [0.2, 0.25) is 0 Å². The van der Waals surface area contributed by atoms with Crippen LogP contribution in [-0.2, 0) is 9.59 Å². The molecule has 1 saturated heterocycles. The van der Waals surface area contributed by atoms with Crippen LogP contribution in [0, 0.1) is 20.8 Å². The number of aliphatic hydroxyl groups is 1. The Morgan fingerprint density at radius 3 is 2.42 bits per heavy atom. The van der Waals surface area contributed by atoms with E-state index in [0.717, 1.165) is 26.9 Å². The fourth-order valence-electron chi connectivity index (χ4n) is 4.90. The molecule has 2 heterocycles. The van der Waals surface area contributed by atoms with Crippen LogP contribution in [0.4, 0.5) is 5.13 Å². The lowest BCUT2D eigenvalue weighted by Crippen LogP contribution is -2.29. The summed E-state index contributed by atoms with van der Waals surface area (Å²) in [5, 5.41) is 11.9. The maximum atomic E-state index is 13.6. The van der Waals surface area contributed by atoms with Gasteiger partial charge in [-0.25, -0.2) is 4.98 Å². The van der Waals surface area contributed by atoms with Gasteiger partial charge in [-0.1, -0.05) is 29.5 Å². The van der Waals surface area contributed by atoms with E-state index in [4.69, 9.17) is 14.5 Å². The Hall–Kier alpha value is -4.17. The third-order valence-electron chi connectivity index (χ3n) is 6.64. The van der Waals surface area contributed by atoms with Crippen LogP contribution < -0.4 is 14.4 Å². The molecule has 1 amide bonds. The molecular formula is C30H28N2O5S. The largest absolute Gasteiger partial charge is 0.507 e. The molecule has 194 valence electrons. The minimum Gasteiger partial charge on any atom is -0.507 e. The molecule has 8 heteroatoms. The summed E-state index contributed by atoms with van der Waals surface area (Å²) >= 11 is 1.35. The number of aryl methyl sites for hydroxylation is 3. The predicted molar refractivity (Wildman–Crippen MR) is 149 cm³/mol. The van der Waals surface area contributed by atoms with Crippen LogP contribution in [0.25, 0.3) is 16.0 Å². The number of rotatable bonds is 6. The molecule has 0 unspecified atom stereocenters. The molecule has 1 aromatic heterocycles. The summed E-state index contributed by atoms with van der Waals surface area (Å²) in [6.07, 6.45) is 0. The minimum atomic E-state index is -0.866. The first-order valence-corrected chi connectivity index (χ1v) is 13.1. The number of thiazole rings is 1. The van der Waals surface area contributed by atoms with E-state index in [1.165, 1.54) is 16.2 Å². The van der Waals surface area contributed by atoms with E-state index in [2.05, 4.69) is 0 Å². The summed E-state index contributed by atoms with van der Waals surface area (Å²) in [7, 11) is 1.57. The van der Waals surface area contributed by atoms with Crippen molar-refractivity contribution in [3.05, 3.63) is 88.0 Å². The number of amides is 1. The van der Waals surface area contributed by atoms with Crippen LogP contribution in [-0.4, -0.2) is 35.5 Å². The SMILES string of the molecule is CCOc1ccc([C@@H]2C(=C(O)c3ccc(OC)c(C)c3)C(=O)C(=O)N2c2nc3c(C)cc(C)cc3s2)cc1. The molecule has 0 aliphatic carbocycles. The summed E-state index contributed by atoms with van der Waals surface area (Å²) < 4.78 is 11.9. The summed E-state index contributed by atoms with van der Waals surface area (Å²) in [6.45, 7) is 8.25. The Bertz CT molecular complexity index is 1600. The van der Waals surface area contributed by atoms with Crippen molar-refractivity contribution in [1.29, 1.82) is 0 Å². The van der Waals surface area contributed by atoms with Gasteiger partial charge in [0, 0.05) is 5.56 Å². The van der Waals surface area contributed by atoms with Gasteiger partial charge in [0.05, 0.1) is 35.5 Å². The summed E-state index contributed by atoms with van der Waals surface area (Å²) in [5.74, 6) is -0.412.